The summed E-state index contributed by atoms with van der Waals surface area (Å²) >= 11 is 0. The van der Waals surface area contributed by atoms with Crippen LogP contribution in [0.15, 0.2) is 21.9 Å². The molecular weight excluding hydrogens is 561 g/mol. The lowest BCUT2D eigenvalue weighted by Gasteiger charge is -2.24. The zero-order valence-corrected chi connectivity index (χ0v) is 20.9. The Kier molecular flexibility index (Phi) is 9.72. The molecule has 2 heterocycles. The Morgan fingerprint density at radius 2 is 1.67 bits per heavy atom. The van der Waals surface area contributed by atoms with Gasteiger partial charge in [-0.15, -0.1) is 0 Å². The predicted octanol–water partition coefficient (Wildman–Crippen LogP) is -1.11. The molecule has 1 aromatic rings. The third-order valence-electron chi connectivity index (χ3n) is 4.22. The number of phosphoric acid groups is 3. The molecule has 0 aliphatic carbocycles. The lowest BCUT2D eigenvalue weighted by atomic mass is 9.99. The Labute approximate surface area is 200 Å². The molecule has 0 saturated carbocycles. The van der Waals surface area contributed by atoms with Gasteiger partial charge in [0.05, 0.1) is 18.6 Å². The van der Waals surface area contributed by atoms with Crippen molar-refractivity contribution >= 4 is 35.4 Å². The number of hydrogen-bond acceptors (Lipinski definition) is 13. The first-order valence-electron chi connectivity index (χ1n) is 9.45. The minimum Gasteiger partial charge on any atom is -0.465 e. The van der Waals surface area contributed by atoms with Crippen LogP contribution in [0.2, 0.25) is 0 Å². The molecular formula is C14H21N2O17P3. The summed E-state index contributed by atoms with van der Waals surface area (Å²) in [5.41, 5.74) is -1.76. The summed E-state index contributed by atoms with van der Waals surface area (Å²) < 4.78 is 62.6. The van der Waals surface area contributed by atoms with E-state index in [1.807, 2.05) is 4.98 Å². The van der Waals surface area contributed by atoms with Gasteiger partial charge in [0.2, 0.25) is 0 Å². The monoisotopic (exact) mass is 582 g/mol. The minimum absolute atomic E-state index is 0.535. The normalized spacial score (nSPS) is 25.5. The molecule has 2 unspecified atom stereocenters. The second-order valence-electron chi connectivity index (χ2n) is 7.01. The van der Waals surface area contributed by atoms with E-state index in [1.165, 1.54) is 0 Å². The van der Waals surface area contributed by atoms with Gasteiger partial charge >= 0.3 is 41.1 Å². The molecule has 0 spiro atoms. The van der Waals surface area contributed by atoms with Gasteiger partial charge in [-0.05, 0) is 0 Å². The lowest BCUT2D eigenvalue weighted by Crippen LogP contribution is -2.39. The summed E-state index contributed by atoms with van der Waals surface area (Å²) in [6, 6.07) is 0.941. The average molecular weight is 582 g/mol. The Balaban J connectivity index is 2.33. The van der Waals surface area contributed by atoms with Gasteiger partial charge in [0.15, 0.2) is 12.3 Å². The molecule has 0 radical (unpaired) electrons. The number of esters is 2. The molecule has 1 aromatic heterocycles. The van der Waals surface area contributed by atoms with Crippen molar-refractivity contribution < 1.29 is 70.2 Å². The van der Waals surface area contributed by atoms with E-state index in [9.17, 15) is 42.7 Å². The van der Waals surface area contributed by atoms with E-state index in [2.05, 4.69) is 13.1 Å². The smallest absolute Gasteiger partial charge is 0.465 e. The number of aromatic nitrogens is 2. The van der Waals surface area contributed by atoms with Crippen molar-refractivity contribution in [3.05, 3.63) is 33.1 Å². The number of carbonyl (C=O) groups is 2. The van der Waals surface area contributed by atoms with Crippen LogP contribution < -0.4 is 11.2 Å². The van der Waals surface area contributed by atoms with Crippen LogP contribution in [0.25, 0.3) is 0 Å². The zero-order valence-electron chi connectivity index (χ0n) is 18.3. The van der Waals surface area contributed by atoms with E-state index in [1.54, 1.807) is 0 Å². The van der Waals surface area contributed by atoms with Gasteiger partial charge in [-0.1, -0.05) is 0 Å². The molecule has 19 nitrogen and oxygen atoms in total. The van der Waals surface area contributed by atoms with Gasteiger partial charge < -0.3 is 33.8 Å². The Morgan fingerprint density at radius 3 is 2.19 bits per heavy atom. The number of carbonyl (C=O) groups excluding carboxylic acids is 2. The predicted molar refractivity (Wildman–Crippen MR) is 111 cm³/mol. The standard InChI is InChI=1S/C14H21N2O17P3/c1-7(17)28-5-9-10(6-29-35(24,25)33-36(26,27)32-34(21,22)23)31-13(12(9)30-8(2)18)16-4-3-11(19)15-14(16)20/h3-4,9-10,12-13H,5-6H2,1-2H3,(H,24,25)(H,26,27)(H,15,19,20)(H2,21,22,23)/t9-,10-,12-,13-/m1/s1. The Bertz CT molecular complexity index is 1240. The van der Waals surface area contributed by atoms with Crippen LogP contribution >= 0.6 is 23.5 Å². The number of phosphoric ester groups is 1. The summed E-state index contributed by atoms with van der Waals surface area (Å²) in [5, 5.41) is 0. The second kappa shape index (κ2) is 11.6. The zero-order chi connectivity index (χ0) is 27.5. The van der Waals surface area contributed by atoms with Crippen molar-refractivity contribution in [1.82, 2.24) is 9.55 Å². The highest BCUT2D eigenvalue weighted by Crippen LogP contribution is 2.66. The van der Waals surface area contributed by atoms with Crippen LogP contribution in [0, 0.1) is 5.92 Å². The third-order valence-corrected chi connectivity index (χ3v) is 8.02. The number of ether oxygens (including phenoxy) is 3. The van der Waals surface area contributed by atoms with Gasteiger partial charge in [0, 0.05) is 26.1 Å². The summed E-state index contributed by atoms with van der Waals surface area (Å²) in [5.74, 6) is -2.82. The molecule has 0 aromatic carbocycles. The van der Waals surface area contributed by atoms with Gasteiger partial charge in [-0.2, -0.15) is 8.62 Å². The van der Waals surface area contributed by atoms with E-state index in [0.717, 1.165) is 30.7 Å². The SMILES string of the molecule is CC(=O)OC[C@H]1[C@@H](OC(C)=O)[C@H](n2ccc(=O)[nH]c2=O)O[C@@H]1COP(=O)(O)OP(=O)(O)OP(=O)(O)O. The third kappa shape index (κ3) is 9.14. The van der Waals surface area contributed by atoms with Crippen molar-refractivity contribution in [2.75, 3.05) is 13.2 Å². The van der Waals surface area contributed by atoms with Gasteiger partial charge in [-0.3, -0.25) is 28.5 Å². The number of aromatic amines is 1. The maximum Gasteiger partial charge on any atom is 0.490 e. The van der Waals surface area contributed by atoms with Crippen LogP contribution in [0.1, 0.15) is 20.1 Å². The van der Waals surface area contributed by atoms with Gasteiger partial charge in [-0.25, -0.2) is 18.5 Å². The van der Waals surface area contributed by atoms with E-state index >= 15 is 0 Å². The van der Waals surface area contributed by atoms with Crippen molar-refractivity contribution in [1.29, 1.82) is 0 Å². The second-order valence-corrected chi connectivity index (χ2v) is 11.4. The van der Waals surface area contributed by atoms with Crippen molar-refractivity contribution in [2.24, 2.45) is 5.92 Å². The molecule has 1 saturated heterocycles. The minimum atomic E-state index is -5.80. The van der Waals surface area contributed by atoms with Crippen molar-refractivity contribution in [2.45, 2.75) is 32.3 Å². The Hall–Kier alpha value is -2.01. The van der Waals surface area contributed by atoms with E-state index in [0.29, 0.717) is 0 Å². The molecule has 6 atom stereocenters. The molecule has 204 valence electrons. The van der Waals surface area contributed by atoms with E-state index in [4.69, 9.17) is 24.0 Å². The van der Waals surface area contributed by atoms with Gasteiger partial charge in [0.1, 0.15) is 6.61 Å². The van der Waals surface area contributed by atoms with Crippen LogP contribution in [-0.4, -0.2) is 66.5 Å². The Morgan fingerprint density at radius 1 is 1.03 bits per heavy atom. The maximum absolute atomic E-state index is 12.3. The van der Waals surface area contributed by atoms with Crippen LogP contribution in [-0.2, 0) is 50.6 Å². The van der Waals surface area contributed by atoms with Gasteiger partial charge in [0.25, 0.3) is 5.56 Å². The summed E-state index contributed by atoms with van der Waals surface area (Å²) in [6.45, 7) is 0.519. The molecule has 5 N–H and O–H groups in total. The van der Waals surface area contributed by atoms with Crippen molar-refractivity contribution in [3.63, 3.8) is 0 Å². The highest BCUT2D eigenvalue weighted by molar-refractivity contribution is 7.66. The number of nitrogens with zero attached hydrogens (tertiary/aromatic N) is 1. The number of nitrogens with one attached hydrogen (secondary N) is 1. The molecule has 36 heavy (non-hydrogen) atoms. The molecule has 1 aliphatic heterocycles. The molecule has 0 amide bonds. The van der Waals surface area contributed by atoms with Crippen molar-refractivity contribution in [3.8, 4) is 0 Å². The fourth-order valence-electron chi connectivity index (χ4n) is 3.02. The average Bonchev–Trinajstić information content (AvgIpc) is 2.98. The first-order valence-corrected chi connectivity index (χ1v) is 14.0. The quantitative estimate of drug-likeness (QED) is 0.153. The maximum atomic E-state index is 12.3. The molecule has 2 rings (SSSR count). The number of hydrogen-bond donors (Lipinski definition) is 5. The van der Waals surface area contributed by atoms with Crippen LogP contribution in [0.3, 0.4) is 0 Å². The topological polar surface area (TPSA) is 277 Å². The fraction of sp³-hybridized carbons (Fsp3) is 0.571. The fourth-order valence-corrected chi connectivity index (χ4v) is 6.05. The first kappa shape index (κ1) is 30.2. The molecule has 1 fully saturated rings. The lowest BCUT2D eigenvalue weighted by molar-refractivity contribution is -0.155. The molecule has 1 aliphatic rings. The summed E-state index contributed by atoms with van der Waals surface area (Å²) in [7, 11) is -17.0. The highest BCUT2D eigenvalue weighted by Gasteiger charge is 2.50. The number of H-pyrrole nitrogens is 1. The van der Waals surface area contributed by atoms with E-state index in [-0.39, 0.29) is 0 Å². The van der Waals surface area contributed by atoms with Crippen LogP contribution in [0.4, 0.5) is 0 Å². The first-order chi connectivity index (χ1) is 16.4. The number of rotatable bonds is 11. The largest absolute Gasteiger partial charge is 0.490 e. The molecule has 22 heteroatoms. The molecule has 0 bridgehead atoms. The van der Waals surface area contributed by atoms with E-state index < -0.39 is 84.2 Å². The summed E-state index contributed by atoms with van der Waals surface area (Å²) in [6.07, 6.45) is -3.30. The highest BCUT2D eigenvalue weighted by atomic mass is 31.3. The summed E-state index contributed by atoms with van der Waals surface area (Å²) in [4.78, 5) is 84.7. The van der Waals surface area contributed by atoms with Crippen LogP contribution in [0.5, 0.6) is 0 Å².